The van der Waals surface area contributed by atoms with Gasteiger partial charge < -0.3 is 5.32 Å². The van der Waals surface area contributed by atoms with Crippen LogP contribution >= 0.6 is 0 Å². The first-order valence-electron chi connectivity index (χ1n) is 7.85. The van der Waals surface area contributed by atoms with Gasteiger partial charge in [0.05, 0.1) is 10.5 Å². The molecule has 0 aliphatic heterocycles. The zero-order valence-corrected chi connectivity index (χ0v) is 15.5. The Morgan fingerprint density at radius 2 is 1.73 bits per heavy atom. The molecule has 8 heteroatoms. The second kappa shape index (κ2) is 7.51. The number of carbonyl (C=O) groups excluding carboxylic acids is 1. The Kier molecular flexibility index (Phi) is 5.77. The van der Waals surface area contributed by atoms with Gasteiger partial charge in [0.25, 0.3) is 5.91 Å². The summed E-state index contributed by atoms with van der Waals surface area (Å²) in [5, 5.41) is 2.42. The molecule has 0 atom stereocenters. The van der Waals surface area contributed by atoms with Crippen molar-refractivity contribution in [2.24, 2.45) is 0 Å². The molecular formula is C18H20F2N2O3S. The SMILES string of the molecule is CC(C)(C)NS(=O)(=O)c1ccccc1CNC(=O)c1cc(F)ccc1F. The van der Waals surface area contributed by atoms with Crippen molar-refractivity contribution in [1.29, 1.82) is 0 Å². The molecule has 0 unspecified atom stereocenters. The van der Waals surface area contributed by atoms with Gasteiger partial charge in [0.15, 0.2) is 0 Å². The normalized spacial score (nSPS) is 12.0. The number of sulfonamides is 1. The molecule has 0 bridgehead atoms. The molecule has 0 spiro atoms. The van der Waals surface area contributed by atoms with E-state index in [4.69, 9.17) is 0 Å². The minimum atomic E-state index is -3.81. The summed E-state index contributed by atoms with van der Waals surface area (Å²) in [5.41, 5.74) is -0.799. The van der Waals surface area contributed by atoms with E-state index in [1.54, 1.807) is 39.0 Å². The third-order valence-electron chi connectivity index (χ3n) is 3.32. The fourth-order valence-corrected chi connectivity index (χ4v) is 3.97. The van der Waals surface area contributed by atoms with Crippen LogP contribution in [0.4, 0.5) is 8.78 Å². The molecule has 5 nitrogen and oxygen atoms in total. The topological polar surface area (TPSA) is 75.3 Å². The standard InChI is InChI=1S/C18H20F2N2O3S/c1-18(2,3)22-26(24,25)16-7-5-4-6-12(16)11-21-17(23)14-10-13(19)8-9-15(14)20/h4-10,22H,11H2,1-3H3,(H,21,23). The van der Waals surface area contributed by atoms with Crippen LogP contribution in [-0.2, 0) is 16.6 Å². The highest BCUT2D eigenvalue weighted by molar-refractivity contribution is 7.89. The monoisotopic (exact) mass is 382 g/mol. The van der Waals surface area contributed by atoms with Crippen LogP contribution in [0.1, 0.15) is 36.7 Å². The number of halogens is 2. The van der Waals surface area contributed by atoms with Crippen molar-refractivity contribution in [3.05, 3.63) is 65.2 Å². The van der Waals surface area contributed by atoms with Gasteiger partial charge >= 0.3 is 0 Å². The highest BCUT2D eigenvalue weighted by Gasteiger charge is 2.24. The lowest BCUT2D eigenvalue weighted by molar-refractivity contribution is 0.0946. The lowest BCUT2D eigenvalue weighted by atomic mass is 10.1. The summed E-state index contributed by atoms with van der Waals surface area (Å²) in [7, 11) is -3.81. The van der Waals surface area contributed by atoms with E-state index < -0.39 is 38.7 Å². The second-order valence-corrected chi connectivity index (χ2v) is 8.42. The summed E-state index contributed by atoms with van der Waals surface area (Å²) in [6, 6.07) is 8.70. The van der Waals surface area contributed by atoms with Gasteiger partial charge in [-0.05, 0) is 50.6 Å². The molecule has 1 amide bonds. The summed E-state index contributed by atoms with van der Waals surface area (Å²) in [6.07, 6.45) is 0. The smallest absolute Gasteiger partial charge is 0.254 e. The van der Waals surface area contributed by atoms with E-state index >= 15 is 0 Å². The minimum Gasteiger partial charge on any atom is -0.348 e. The van der Waals surface area contributed by atoms with Crippen LogP contribution in [0.3, 0.4) is 0 Å². The molecule has 0 radical (unpaired) electrons. The number of carbonyl (C=O) groups is 1. The molecule has 0 aromatic heterocycles. The van der Waals surface area contributed by atoms with Crippen molar-refractivity contribution in [2.45, 2.75) is 37.8 Å². The van der Waals surface area contributed by atoms with Crippen molar-refractivity contribution in [1.82, 2.24) is 10.0 Å². The molecule has 0 saturated carbocycles. The van der Waals surface area contributed by atoms with Crippen molar-refractivity contribution < 1.29 is 22.0 Å². The maximum Gasteiger partial charge on any atom is 0.254 e. The van der Waals surface area contributed by atoms with Crippen LogP contribution in [0.2, 0.25) is 0 Å². The fourth-order valence-electron chi connectivity index (χ4n) is 2.31. The number of hydrogen-bond acceptors (Lipinski definition) is 3. The molecule has 2 N–H and O–H groups in total. The Morgan fingerprint density at radius 1 is 1.08 bits per heavy atom. The number of hydrogen-bond donors (Lipinski definition) is 2. The van der Waals surface area contributed by atoms with E-state index in [1.807, 2.05) is 0 Å². The molecule has 0 heterocycles. The molecule has 0 aliphatic carbocycles. The van der Waals surface area contributed by atoms with Gasteiger partial charge in [-0.25, -0.2) is 21.9 Å². The van der Waals surface area contributed by atoms with Crippen LogP contribution in [0, 0.1) is 11.6 Å². The summed E-state index contributed by atoms with van der Waals surface area (Å²) in [6.45, 7) is 4.97. The molecule has 140 valence electrons. The molecule has 0 fully saturated rings. The number of amides is 1. The molecule has 2 aromatic rings. The zero-order valence-electron chi connectivity index (χ0n) is 14.6. The second-order valence-electron chi connectivity index (χ2n) is 6.77. The molecular weight excluding hydrogens is 362 g/mol. The molecule has 0 aliphatic rings. The van der Waals surface area contributed by atoms with E-state index in [9.17, 15) is 22.0 Å². The molecule has 26 heavy (non-hydrogen) atoms. The first-order chi connectivity index (χ1) is 12.0. The Morgan fingerprint density at radius 3 is 2.38 bits per heavy atom. The predicted molar refractivity (Wildman–Crippen MR) is 94.0 cm³/mol. The van der Waals surface area contributed by atoms with Crippen LogP contribution in [0.5, 0.6) is 0 Å². The van der Waals surface area contributed by atoms with E-state index in [0.29, 0.717) is 5.56 Å². The zero-order chi connectivity index (χ0) is 19.5. The highest BCUT2D eigenvalue weighted by atomic mass is 32.2. The van der Waals surface area contributed by atoms with Gasteiger partial charge in [-0.1, -0.05) is 18.2 Å². The highest BCUT2D eigenvalue weighted by Crippen LogP contribution is 2.18. The summed E-state index contributed by atoms with van der Waals surface area (Å²) in [4.78, 5) is 12.1. The quantitative estimate of drug-likeness (QED) is 0.835. The average molecular weight is 382 g/mol. The summed E-state index contributed by atoms with van der Waals surface area (Å²) < 4.78 is 54.5. The molecule has 2 rings (SSSR count). The van der Waals surface area contributed by atoms with E-state index in [-0.39, 0.29) is 11.4 Å². The number of benzene rings is 2. The van der Waals surface area contributed by atoms with Gasteiger partial charge in [-0.3, -0.25) is 4.79 Å². The van der Waals surface area contributed by atoms with Crippen LogP contribution in [0.15, 0.2) is 47.4 Å². The Bertz CT molecular complexity index is 922. The van der Waals surface area contributed by atoms with Crippen molar-refractivity contribution >= 4 is 15.9 Å². The number of rotatable bonds is 5. The third-order valence-corrected chi connectivity index (χ3v) is 5.17. The number of nitrogens with one attached hydrogen (secondary N) is 2. The molecule has 0 saturated heterocycles. The Hall–Kier alpha value is -2.32. The fraction of sp³-hybridized carbons (Fsp3) is 0.278. The minimum absolute atomic E-state index is 0.00920. The first-order valence-corrected chi connectivity index (χ1v) is 9.33. The van der Waals surface area contributed by atoms with E-state index in [2.05, 4.69) is 10.0 Å². The average Bonchev–Trinajstić information content (AvgIpc) is 2.53. The Labute approximate surface area is 151 Å². The lowest BCUT2D eigenvalue weighted by Gasteiger charge is -2.21. The lowest BCUT2D eigenvalue weighted by Crippen LogP contribution is -2.41. The van der Waals surface area contributed by atoms with Crippen LogP contribution in [0.25, 0.3) is 0 Å². The largest absolute Gasteiger partial charge is 0.348 e. The van der Waals surface area contributed by atoms with Crippen LogP contribution in [-0.4, -0.2) is 19.9 Å². The maximum atomic E-state index is 13.7. The van der Waals surface area contributed by atoms with Crippen molar-refractivity contribution in [3.8, 4) is 0 Å². The third kappa shape index (κ3) is 5.09. The van der Waals surface area contributed by atoms with Gasteiger partial charge in [-0.2, -0.15) is 0 Å². The first kappa shape index (κ1) is 20.0. The van der Waals surface area contributed by atoms with Gasteiger partial charge in [-0.15, -0.1) is 0 Å². The van der Waals surface area contributed by atoms with Crippen molar-refractivity contribution in [3.63, 3.8) is 0 Å². The maximum absolute atomic E-state index is 13.7. The van der Waals surface area contributed by atoms with Gasteiger partial charge in [0, 0.05) is 12.1 Å². The van der Waals surface area contributed by atoms with E-state index in [1.165, 1.54) is 6.07 Å². The molecule has 2 aromatic carbocycles. The summed E-state index contributed by atoms with van der Waals surface area (Å²) in [5.74, 6) is -2.44. The van der Waals surface area contributed by atoms with Crippen LogP contribution < -0.4 is 10.0 Å². The van der Waals surface area contributed by atoms with Crippen molar-refractivity contribution in [2.75, 3.05) is 0 Å². The summed E-state index contributed by atoms with van der Waals surface area (Å²) >= 11 is 0. The van der Waals surface area contributed by atoms with E-state index in [0.717, 1.165) is 18.2 Å². The van der Waals surface area contributed by atoms with Gasteiger partial charge in [0.1, 0.15) is 11.6 Å². The Balaban J connectivity index is 2.24. The predicted octanol–water partition coefficient (Wildman–Crippen LogP) is 2.97. The van der Waals surface area contributed by atoms with Gasteiger partial charge in [0.2, 0.25) is 10.0 Å².